The molecule has 0 aromatic carbocycles. The molecule has 2 N–H and O–H groups in total. The first-order valence-corrected chi connectivity index (χ1v) is 8.76. The maximum Gasteiger partial charge on any atom is 0.243 e. The number of rotatable bonds is 2. The molecular formula is C14H21N3O2S. The van der Waals surface area contributed by atoms with E-state index in [2.05, 4.69) is 4.98 Å². The Bertz CT molecular complexity index is 586. The van der Waals surface area contributed by atoms with Crippen molar-refractivity contribution in [2.45, 2.75) is 49.5 Å². The molecule has 2 atom stereocenters. The average molecular weight is 295 g/mol. The quantitative estimate of drug-likeness (QED) is 0.905. The van der Waals surface area contributed by atoms with Gasteiger partial charge in [0.05, 0.1) is 4.90 Å². The molecular weight excluding hydrogens is 274 g/mol. The molecule has 1 saturated carbocycles. The van der Waals surface area contributed by atoms with Crippen LogP contribution in [0, 0.1) is 5.92 Å². The minimum atomic E-state index is -3.44. The van der Waals surface area contributed by atoms with Crippen molar-refractivity contribution >= 4 is 15.8 Å². The summed E-state index contributed by atoms with van der Waals surface area (Å²) < 4.78 is 27.4. The highest BCUT2D eigenvalue weighted by molar-refractivity contribution is 7.89. The molecule has 0 radical (unpaired) electrons. The van der Waals surface area contributed by atoms with Crippen LogP contribution in [0.2, 0.25) is 0 Å². The van der Waals surface area contributed by atoms with Crippen molar-refractivity contribution in [2.75, 3.05) is 12.3 Å². The van der Waals surface area contributed by atoms with Crippen molar-refractivity contribution in [1.82, 2.24) is 9.29 Å². The molecule has 2 heterocycles. The summed E-state index contributed by atoms with van der Waals surface area (Å²) in [7, 11) is -3.44. The van der Waals surface area contributed by atoms with Gasteiger partial charge in [-0.3, -0.25) is 0 Å². The molecule has 1 aromatic rings. The van der Waals surface area contributed by atoms with E-state index in [9.17, 15) is 8.42 Å². The first-order valence-electron chi connectivity index (χ1n) is 7.32. The second-order valence-electron chi connectivity index (χ2n) is 5.79. The third-order valence-corrected chi connectivity index (χ3v) is 6.47. The fourth-order valence-electron chi connectivity index (χ4n) is 3.60. The number of aromatic nitrogens is 1. The van der Waals surface area contributed by atoms with E-state index in [1.165, 1.54) is 24.8 Å². The number of nitrogens with two attached hydrogens (primary N) is 1. The Kier molecular flexibility index (Phi) is 3.69. The standard InChI is InChI=1S/C14H21N3O2S/c15-14-10-12(7-8-16-14)20(18,19)17-9-3-5-11-4-1-2-6-13(11)17/h7-8,10-11,13H,1-6,9H2,(H2,15,16)/t11-,13-/m1/s1. The van der Waals surface area contributed by atoms with Crippen molar-refractivity contribution in [1.29, 1.82) is 0 Å². The van der Waals surface area contributed by atoms with E-state index in [1.807, 2.05) is 0 Å². The molecule has 2 fully saturated rings. The smallest absolute Gasteiger partial charge is 0.243 e. The fourth-order valence-corrected chi connectivity index (χ4v) is 5.38. The van der Waals surface area contributed by atoms with Gasteiger partial charge in [0.2, 0.25) is 10.0 Å². The molecule has 1 saturated heterocycles. The lowest BCUT2D eigenvalue weighted by molar-refractivity contribution is 0.129. The summed E-state index contributed by atoms with van der Waals surface area (Å²) >= 11 is 0. The van der Waals surface area contributed by atoms with Crippen LogP contribution in [0.1, 0.15) is 38.5 Å². The number of nitrogen functional groups attached to an aromatic ring is 1. The lowest BCUT2D eigenvalue weighted by Gasteiger charge is -2.43. The van der Waals surface area contributed by atoms with Crippen molar-refractivity contribution < 1.29 is 8.42 Å². The number of sulfonamides is 1. The Morgan fingerprint density at radius 3 is 2.75 bits per heavy atom. The summed E-state index contributed by atoms with van der Waals surface area (Å²) in [5.41, 5.74) is 5.62. The molecule has 1 aromatic heterocycles. The Morgan fingerprint density at radius 1 is 1.20 bits per heavy atom. The molecule has 1 aliphatic heterocycles. The third kappa shape index (κ3) is 2.42. The molecule has 6 heteroatoms. The highest BCUT2D eigenvalue weighted by Crippen LogP contribution is 2.38. The van der Waals surface area contributed by atoms with Crippen LogP contribution in [0.4, 0.5) is 5.82 Å². The maximum absolute atomic E-state index is 12.8. The van der Waals surface area contributed by atoms with Crippen LogP contribution in [0.25, 0.3) is 0 Å². The molecule has 0 amide bonds. The van der Waals surface area contributed by atoms with Gasteiger partial charge in [0.15, 0.2) is 0 Å². The minimum absolute atomic E-state index is 0.178. The number of anilines is 1. The van der Waals surface area contributed by atoms with Gasteiger partial charge in [-0.1, -0.05) is 12.8 Å². The summed E-state index contributed by atoms with van der Waals surface area (Å²) in [4.78, 5) is 4.15. The van der Waals surface area contributed by atoms with Gasteiger partial charge in [0, 0.05) is 24.8 Å². The number of piperidine rings is 1. The van der Waals surface area contributed by atoms with Gasteiger partial charge in [-0.2, -0.15) is 4.31 Å². The zero-order valence-corrected chi connectivity index (χ0v) is 12.3. The molecule has 20 heavy (non-hydrogen) atoms. The second-order valence-corrected chi connectivity index (χ2v) is 7.68. The van der Waals surface area contributed by atoms with E-state index in [4.69, 9.17) is 5.73 Å². The summed E-state index contributed by atoms with van der Waals surface area (Å²) in [5.74, 6) is 0.787. The molecule has 0 spiro atoms. The Hall–Kier alpha value is -1.14. The maximum atomic E-state index is 12.8. The summed E-state index contributed by atoms with van der Waals surface area (Å²) in [6, 6.07) is 3.18. The first kappa shape index (κ1) is 13.8. The van der Waals surface area contributed by atoms with E-state index in [0.717, 1.165) is 32.1 Å². The van der Waals surface area contributed by atoms with E-state index in [-0.39, 0.29) is 16.8 Å². The highest BCUT2D eigenvalue weighted by Gasteiger charge is 2.39. The van der Waals surface area contributed by atoms with Gasteiger partial charge in [-0.05, 0) is 37.7 Å². The van der Waals surface area contributed by atoms with Crippen molar-refractivity contribution in [2.24, 2.45) is 5.92 Å². The molecule has 1 aliphatic carbocycles. The van der Waals surface area contributed by atoms with Gasteiger partial charge >= 0.3 is 0 Å². The van der Waals surface area contributed by atoms with Gasteiger partial charge in [-0.25, -0.2) is 13.4 Å². The largest absolute Gasteiger partial charge is 0.384 e. The van der Waals surface area contributed by atoms with Crippen LogP contribution in [-0.2, 0) is 10.0 Å². The van der Waals surface area contributed by atoms with Gasteiger partial charge in [0.1, 0.15) is 5.82 Å². The lowest BCUT2D eigenvalue weighted by atomic mass is 9.79. The second kappa shape index (κ2) is 5.33. The Morgan fingerprint density at radius 2 is 1.95 bits per heavy atom. The molecule has 5 nitrogen and oxygen atoms in total. The fraction of sp³-hybridized carbons (Fsp3) is 0.643. The third-order valence-electron chi connectivity index (χ3n) is 4.55. The normalized spacial score (nSPS) is 28.0. The van der Waals surface area contributed by atoms with Crippen molar-refractivity contribution in [3.63, 3.8) is 0 Å². The number of fused-ring (bicyclic) bond motifs is 1. The van der Waals surface area contributed by atoms with Crippen LogP contribution < -0.4 is 5.73 Å². The first-order chi connectivity index (χ1) is 9.59. The van der Waals surface area contributed by atoms with Crippen LogP contribution in [0.15, 0.2) is 23.2 Å². The molecule has 0 bridgehead atoms. The molecule has 0 unspecified atom stereocenters. The minimum Gasteiger partial charge on any atom is -0.384 e. The molecule has 110 valence electrons. The van der Waals surface area contributed by atoms with Crippen LogP contribution >= 0.6 is 0 Å². The predicted octanol–water partition coefficient (Wildman–Crippen LogP) is 2.01. The van der Waals surface area contributed by atoms with Crippen LogP contribution in [-0.4, -0.2) is 30.3 Å². The van der Waals surface area contributed by atoms with Gasteiger partial charge in [0.25, 0.3) is 0 Å². The lowest BCUT2D eigenvalue weighted by Crippen LogP contribution is -2.49. The van der Waals surface area contributed by atoms with Crippen molar-refractivity contribution in [3.05, 3.63) is 18.3 Å². The number of nitrogens with zero attached hydrogens (tertiary/aromatic N) is 2. The topological polar surface area (TPSA) is 76.3 Å². The van der Waals surface area contributed by atoms with Crippen LogP contribution in [0.3, 0.4) is 0 Å². The average Bonchev–Trinajstić information content (AvgIpc) is 2.46. The number of hydrogen-bond acceptors (Lipinski definition) is 4. The Balaban J connectivity index is 1.93. The SMILES string of the molecule is Nc1cc(S(=O)(=O)N2CCC[C@H]3CCCC[C@H]32)ccn1. The van der Waals surface area contributed by atoms with Crippen LogP contribution in [0.5, 0.6) is 0 Å². The summed E-state index contributed by atoms with van der Waals surface area (Å²) in [5, 5.41) is 0. The zero-order chi connectivity index (χ0) is 14.2. The molecule has 2 aliphatic rings. The number of pyridine rings is 1. The monoisotopic (exact) mass is 295 g/mol. The van der Waals surface area contributed by atoms with E-state index < -0.39 is 10.0 Å². The molecule has 3 rings (SSSR count). The van der Waals surface area contributed by atoms with E-state index in [1.54, 1.807) is 4.31 Å². The number of hydrogen-bond donors (Lipinski definition) is 1. The van der Waals surface area contributed by atoms with E-state index >= 15 is 0 Å². The summed E-state index contributed by atoms with van der Waals surface area (Å²) in [6.07, 6.45) is 8.10. The Labute approximate surface area is 120 Å². The zero-order valence-electron chi connectivity index (χ0n) is 11.5. The van der Waals surface area contributed by atoms with Gasteiger partial charge < -0.3 is 5.73 Å². The predicted molar refractivity (Wildman–Crippen MR) is 77.5 cm³/mol. The van der Waals surface area contributed by atoms with E-state index in [0.29, 0.717) is 12.5 Å². The highest BCUT2D eigenvalue weighted by atomic mass is 32.2. The van der Waals surface area contributed by atoms with Gasteiger partial charge in [-0.15, -0.1) is 0 Å². The van der Waals surface area contributed by atoms with Crippen molar-refractivity contribution in [3.8, 4) is 0 Å². The summed E-state index contributed by atoms with van der Waals surface area (Å²) in [6.45, 7) is 0.631.